The molecule has 3 nitrogen and oxygen atoms in total. The van der Waals surface area contributed by atoms with Gasteiger partial charge in [0.05, 0.1) is 0 Å². The van der Waals surface area contributed by atoms with Crippen LogP contribution in [0.2, 0.25) is 0 Å². The number of carbonyl (C=O) groups is 1. The molecule has 3 rings (SSSR count). The summed E-state index contributed by atoms with van der Waals surface area (Å²) in [5.41, 5.74) is 0.850. The average molecular weight is 244 g/mol. The van der Waals surface area contributed by atoms with Gasteiger partial charge in [-0.15, -0.1) is 0 Å². The molecule has 0 aromatic heterocycles. The zero-order valence-electron chi connectivity index (χ0n) is 10.6. The fourth-order valence-electron chi connectivity index (χ4n) is 3.55. The standard InChI is InChI=1S/C15H20N2O/c18-15(17-14-4-2-1-3-5-14)16-10-13-9-11-6-7-12(13)8-11/h1-5,11-13H,6-10H2,(H2,16,17,18)/t11-,12-,13-/m0/s1. The van der Waals surface area contributed by atoms with Crippen molar-refractivity contribution in [1.29, 1.82) is 0 Å². The minimum Gasteiger partial charge on any atom is -0.338 e. The van der Waals surface area contributed by atoms with E-state index in [2.05, 4.69) is 10.6 Å². The highest BCUT2D eigenvalue weighted by Crippen LogP contribution is 2.47. The Morgan fingerprint density at radius 1 is 1.17 bits per heavy atom. The molecule has 0 spiro atoms. The van der Waals surface area contributed by atoms with E-state index in [0.29, 0.717) is 5.92 Å². The van der Waals surface area contributed by atoms with E-state index in [0.717, 1.165) is 24.1 Å². The SMILES string of the molecule is O=C(NC[C@@H]1C[C@H]2CC[C@H]1C2)Nc1ccccc1. The van der Waals surface area contributed by atoms with Gasteiger partial charge < -0.3 is 10.6 Å². The third kappa shape index (κ3) is 2.50. The monoisotopic (exact) mass is 244 g/mol. The smallest absolute Gasteiger partial charge is 0.319 e. The molecule has 0 saturated heterocycles. The van der Waals surface area contributed by atoms with Crippen LogP contribution in [0.3, 0.4) is 0 Å². The van der Waals surface area contributed by atoms with Gasteiger partial charge in [-0.05, 0) is 49.1 Å². The van der Waals surface area contributed by atoms with E-state index in [-0.39, 0.29) is 6.03 Å². The summed E-state index contributed by atoms with van der Waals surface area (Å²) in [5, 5.41) is 5.87. The van der Waals surface area contributed by atoms with Gasteiger partial charge in [0.15, 0.2) is 0 Å². The van der Waals surface area contributed by atoms with Crippen molar-refractivity contribution in [3.63, 3.8) is 0 Å². The molecule has 0 heterocycles. The molecule has 2 aliphatic rings. The van der Waals surface area contributed by atoms with Crippen LogP contribution >= 0.6 is 0 Å². The Labute approximate surface area is 108 Å². The topological polar surface area (TPSA) is 41.1 Å². The van der Waals surface area contributed by atoms with Crippen molar-refractivity contribution < 1.29 is 4.79 Å². The molecule has 0 aliphatic heterocycles. The van der Waals surface area contributed by atoms with E-state index in [1.165, 1.54) is 25.7 Å². The largest absolute Gasteiger partial charge is 0.338 e. The molecule has 3 heteroatoms. The minimum atomic E-state index is -0.0797. The third-order valence-corrected chi connectivity index (χ3v) is 4.44. The van der Waals surface area contributed by atoms with Gasteiger partial charge in [-0.2, -0.15) is 0 Å². The number of hydrogen-bond donors (Lipinski definition) is 2. The van der Waals surface area contributed by atoms with Crippen LogP contribution < -0.4 is 10.6 Å². The maximum Gasteiger partial charge on any atom is 0.319 e. The van der Waals surface area contributed by atoms with Crippen LogP contribution in [0, 0.1) is 17.8 Å². The molecule has 2 amide bonds. The highest BCUT2D eigenvalue weighted by Gasteiger charge is 2.39. The molecular formula is C15H20N2O. The predicted molar refractivity (Wildman–Crippen MR) is 72.4 cm³/mol. The molecule has 2 aliphatic carbocycles. The average Bonchev–Trinajstić information content (AvgIpc) is 3.00. The number of urea groups is 1. The number of amides is 2. The number of rotatable bonds is 3. The number of para-hydroxylation sites is 1. The number of carbonyl (C=O) groups excluding carboxylic acids is 1. The molecule has 96 valence electrons. The Bertz CT molecular complexity index is 418. The second-order valence-corrected chi connectivity index (χ2v) is 5.64. The summed E-state index contributed by atoms with van der Waals surface area (Å²) in [6.45, 7) is 0.833. The second kappa shape index (κ2) is 5.01. The Morgan fingerprint density at radius 2 is 2.00 bits per heavy atom. The van der Waals surface area contributed by atoms with Crippen molar-refractivity contribution in [3.8, 4) is 0 Å². The fourth-order valence-corrected chi connectivity index (χ4v) is 3.55. The summed E-state index contributed by atoms with van der Waals surface area (Å²) < 4.78 is 0. The highest BCUT2D eigenvalue weighted by atomic mass is 16.2. The van der Waals surface area contributed by atoms with Gasteiger partial charge in [0.1, 0.15) is 0 Å². The van der Waals surface area contributed by atoms with Crippen molar-refractivity contribution in [2.24, 2.45) is 17.8 Å². The van der Waals surface area contributed by atoms with Crippen molar-refractivity contribution in [2.75, 3.05) is 11.9 Å². The Hall–Kier alpha value is -1.51. The molecule has 3 atom stereocenters. The van der Waals surface area contributed by atoms with Gasteiger partial charge in [0.2, 0.25) is 0 Å². The fraction of sp³-hybridized carbons (Fsp3) is 0.533. The van der Waals surface area contributed by atoms with E-state index in [1.54, 1.807) is 0 Å². The van der Waals surface area contributed by atoms with Crippen LogP contribution in [0.15, 0.2) is 30.3 Å². The Balaban J connectivity index is 1.45. The number of fused-ring (bicyclic) bond motifs is 2. The molecule has 0 radical (unpaired) electrons. The van der Waals surface area contributed by atoms with Crippen LogP contribution in [0.25, 0.3) is 0 Å². The van der Waals surface area contributed by atoms with Gasteiger partial charge in [-0.3, -0.25) is 0 Å². The quantitative estimate of drug-likeness (QED) is 0.842. The molecule has 2 N–H and O–H groups in total. The Kier molecular flexibility index (Phi) is 3.22. The summed E-state index contributed by atoms with van der Waals surface area (Å²) in [4.78, 5) is 11.8. The first-order valence-electron chi connectivity index (χ1n) is 6.91. The minimum absolute atomic E-state index is 0.0797. The van der Waals surface area contributed by atoms with E-state index in [1.807, 2.05) is 30.3 Å². The molecule has 1 aromatic rings. The Morgan fingerprint density at radius 3 is 2.67 bits per heavy atom. The number of anilines is 1. The molecule has 2 bridgehead atoms. The number of benzene rings is 1. The van der Waals surface area contributed by atoms with E-state index in [4.69, 9.17) is 0 Å². The first-order chi connectivity index (χ1) is 8.81. The molecule has 1 aromatic carbocycles. The molecule has 0 unspecified atom stereocenters. The van der Waals surface area contributed by atoms with Crippen LogP contribution in [0.1, 0.15) is 25.7 Å². The van der Waals surface area contributed by atoms with Crippen LogP contribution in [0.5, 0.6) is 0 Å². The van der Waals surface area contributed by atoms with Crippen molar-refractivity contribution in [3.05, 3.63) is 30.3 Å². The normalized spacial score (nSPS) is 29.2. The van der Waals surface area contributed by atoms with Crippen LogP contribution in [-0.4, -0.2) is 12.6 Å². The molecule has 2 fully saturated rings. The van der Waals surface area contributed by atoms with Crippen LogP contribution in [-0.2, 0) is 0 Å². The lowest BCUT2D eigenvalue weighted by molar-refractivity contribution is 0.245. The summed E-state index contributed by atoms with van der Waals surface area (Å²) in [6.07, 6.45) is 5.50. The maximum atomic E-state index is 11.8. The number of hydrogen-bond acceptors (Lipinski definition) is 1. The lowest BCUT2D eigenvalue weighted by Gasteiger charge is -2.21. The highest BCUT2D eigenvalue weighted by molar-refractivity contribution is 5.89. The summed E-state index contributed by atoms with van der Waals surface area (Å²) in [7, 11) is 0. The van der Waals surface area contributed by atoms with Gasteiger partial charge in [-0.25, -0.2) is 4.79 Å². The summed E-state index contributed by atoms with van der Waals surface area (Å²) in [6, 6.07) is 9.51. The summed E-state index contributed by atoms with van der Waals surface area (Å²) >= 11 is 0. The lowest BCUT2D eigenvalue weighted by atomic mass is 9.89. The van der Waals surface area contributed by atoms with Gasteiger partial charge >= 0.3 is 6.03 Å². The third-order valence-electron chi connectivity index (χ3n) is 4.44. The first-order valence-corrected chi connectivity index (χ1v) is 6.91. The summed E-state index contributed by atoms with van der Waals surface area (Å²) in [5.74, 6) is 2.52. The van der Waals surface area contributed by atoms with E-state index in [9.17, 15) is 4.79 Å². The van der Waals surface area contributed by atoms with Crippen molar-refractivity contribution in [2.45, 2.75) is 25.7 Å². The van der Waals surface area contributed by atoms with Gasteiger partial charge in [0, 0.05) is 12.2 Å². The van der Waals surface area contributed by atoms with Gasteiger partial charge in [-0.1, -0.05) is 24.6 Å². The van der Waals surface area contributed by atoms with Crippen molar-refractivity contribution >= 4 is 11.7 Å². The van der Waals surface area contributed by atoms with Crippen molar-refractivity contribution in [1.82, 2.24) is 5.32 Å². The van der Waals surface area contributed by atoms with Gasteiger partial charge in [0.25, 0.3) is 0 Å². The first kappa shape index (κ1) is 11.6. The van der Waals surface area contributed by atoms with E-state index >= 15 is 0 Å². The van der Waals surface area contributed by atoms with E-state index < -0.39 is 0 Å². The molecule has 18 heavy (non-hydrogen) atoms. The maximum absolute atomic E-state index is 11.8. The zero-order valence-corrected chi connectivity index (χ0v) is 10.6. The molecule has 2 saturated carbocycles. The predicted octanol–water partition coefficient (Wildman–Crippen LogP) is 3.24. The number of nitrogens with one attached hydrogen (secondary N) is 2. The lowest BCUT2D eigenvalue weighted by Crippen LogP contribution is -2.34. The molecular weight excluding hydrogens is 224 g/mol. The second-order valence-electron chi connectivity index (χ2n) is 5.64. The van der Waals surface area contributed by atoms with Crippen LogP contribution in [0.4, 0.5) is 10.5 Å². The zero-order chi connectivity index (χ0) is 12.4.